The number of anilines is 1. The first-order chi connectivity index (χ1) is 10.7. The molecule has 3 aromatic rings. The Morgan fingerprint density at radius 2 is 1.91 bits per heavy atom. The van der Waals surface area contributed by atoms with E-state index in [0.29, 0.717) is 11.5 Å². The smallest absolute Gasteiger partial charge is 0.229 e. The van der Waals surface area contributed by atoms with Crippen LogP contribution in [0, 0.1) is 5.82 Å². The van der Waals surface area contributed by atoms with Gasteiger partial charge in [-0.1, -0.05) is 36.4 Å². The van der Waals surface area contributed by atoms with Crippen molar-refractivity contribution in [3.63, 3.8) is 0 Å². The van der Waals surface area contributed by atoms with Gasteiger partial charge in [0.15, 0.2) is 5.82 Å². The summed E-state index contributed by atoms with van der Waals surface area (Å²) >= 11 is 0. The van der Waals surface area contributed by atoms with E-state index >= 15 is 0 Å². The van der Waals surface area contributed by atoms with Gasteiger partial charge in [0.1, 0.15) is 5.82 Å². The first kappa shape index (κ1) is 14.0. The van der Waals surface area contributed by atoms with Gasteiger partial charge >= 0.3 is 0 Å². The van der Waals surface area contributed by atoms with Gasteiger partial charge in [0.05, 0.1) is 12.1 Å². The molecular weight excluding hydrogens is 281 g/mol. The van der Waals surface area contributed by atoms with Crippen molar-refractivity contribution in [2.45, 2.75) is 6.42 Å². The van der Waals surface area contributed by atoms with Crippen molar-refractivity contribution in [3.8, 4) is 5.69 Å². The van der Waals surface area contributed by atoms with Crippen molar-refractivity contribution in [2.24, 2.45) is 0 Å². The zero-order valence-electron chi connectivity index (χ0n) is 11.7. The predicted molar refractivity (Wildman–Crippen MR) is 82.3 cm³/mol. The van der Waals surface area contributed by atoms with Crippen molar-refractivity contribution < 1.29 is 9.18 Å². The number of benzene rings is 2. The van der Waals surface area contributed by atoms with Gasteiger partial charge < -0.3 is 5.32 Å². The summed E-state index contributed by atoms with van der Waals surface area (Å²) < 4.78 is 14.7. The summed E-state index contributed by atoms with van der Waals surface area (Å²) in [6, 6.07) is 17.2. The fourth-order valence-corrected chi connectivity index (χ4v) is 2.12. The number of hydrogen-bond donors (Lipinski definition) is 1. The van der Waals surface area contributed by atoms with E-state index in [0.717, 1.165) is 5.56 Å². The number of amides is 1. The van der Waals surface area contributed by atoms with Crippen LogP contribution in [-0.2, 0) is 11.2 Å². The fraction of sp³-hybridized carbons (Fsp3) is 0.0588. The fourth-order valence-electron chi connectivity index (χ4n) is 2.12. The lowest BCUT2D eigenvalue weighted by molar-refractivity contribution is -0.115. The highest BCUT2D eigenvalue weighted by Gasteiger charge is 2.07. The summed E-state index contributed by atoms with van der Waals surface area (Å²) in [6.45, 7) is 0. The molecule has 1 amide bonds. The summed E-state index contributed by atoms with van der Waals surface area (Å²) in [6.07, 6.45) is 1.96. The monoisotopic (exact) mass is 295 g/mol. The van der Waals surface area contributed by atoms with Gasteiger partial charge in [-0.25, -0.2) is 9.07 Å². The van der Waals surface area contributed by atoms with E-state index in [9.17, 15) is 9.18 Å². The van der Waals surface area contributed by atoms with Crippen LogP contribution >= 0.6 is 0 Å². The molecule has 1 heterocycles. The van der Waals surface area contributed by atoms with Gasteiger partial charge in [0.2, 0.25) is 5.91 Å². The third kappa shape index (κ3) is 3.38. The van der Waals surface area contributed by atoms with Crippen LogP contribution in [0.5, 0.6) is 0 Å². The van der Waals surface area contributed by atoms with Gasteiger partial charge in [-0.2, -0.15) is 5.10 Å². The largest absolute Gasteiger partial charge is 0.309 e. The van der Waals surface area contributed by atoms with Gasteiger partial charge in [-0.05, 0) is 23.8 Å². The van der Waals surface area contributed by atoms with Crippen LogP contribution in [0.4, 0.5) is 10.2 Å². The molecule has 0 aliphatic heterocycles. The van der Waals surface area contributed by atoms with Crippen LogP contribution in [0.25, 0.3) is 5.69 Å². The standard InChI is InChI=1S/C17H14FN3O/c18-14-7-4-8-15(12-14)21-10-9-16(20-21)19-17(22)11-13-5-2-1-3-6-13/h1-10,12H,11H2,(H,19,20,22). The van der Waals surface area contributed by atoms with Crippen LogP contribution in [0.3, 0.4) is 0 Å². The Labute approximate surface area is 127 Å². The SMILES string of the molecule is O=C(Cc1ccccc1)Nc1ccn(-c2cccc(F)c2)n1. The molecule has 0 bridgehead atoms. The molecule has 22 heavy (non-hydrogen) atoms. The minimum atomic E-state index is -0.331. The second kappa shape index (κ2) is 6.22. The molecule has 4 nitrogen and oxygen atoms in total. The lowest BCUT2D eigenvalue weighted by atomic mass is 10.1. The Bertz CT molecular complexity index is 783. The third-order valence-electron chi connectivity index (χ3n) is 3.14. The second-order valence-electron chi connectivity index (χ2n) is 4.84. The maximum absolute atomic E-state index is 13.2. The lowest BCUT2D eigenvalue weighted by Gasteiger charge is -2.03. The average Bonchev–Trinajstić information content (AvgIpc) is 2.96. The van der Waals surface area contributed by atoms with Gasteiger partial charge in [-0.3, -0.25) is 4.79 Å². The molecule has 1 aromatic heterocycles. The minimum Gasteiger partial charge on any atom is -0.309 e. The van der Waals surface area contributed by atoms with E-state index in [1.165, 1.54) is 16.8 Å². The summed E-state index contributed by atoms with van der Waals surface area (Å²) in [7, 11) is 0. The van der Waals surface area contributed by atoms with Gasteiger partial charge in [0, 0.05) is 12.3 Å². The molecule has 0 saturated carbocycles. The summed E-state index contributed by atoms with van der Waals surface area (Å²) in [5.41, 5.74) is 1.54. The van der Waals surface area contributed by atoms with Crippen molar-refractivity contribution >= 4 is 11.7 Å². The topological polar surface area (TPSA) is 46.9 Å². The average molecular weight is 295 g/mol. The van der Waals surface area contributed by atoms with E-state index < -0.39 is 0 Å². The first-order valence-electron chi connectivity index (χ1n) is 6.86. The predicted octanol–water partition coefficient (Wildman–Crippen LogP) is 3.19. The molecule has 110 valence electrons. The van der Waals surface area contributed by atoms with Crippen LogP contribution < -0.4 is 5.32 Å². The highest BCUT2D eigenvalue weighted by molar-refractivity contribution is 5.91. The number of nitrogens with one attached hydrogen (secondary N) is 1. The molecule has 0 fully saturated rings. The van der Waals surface area contributed by atoms with E-state index in [4.69, 9.17) is 0 Å². The zero-order chi connectivity index (χ0) is 15.4. The van der Waals surface area contributed by atoms with E-state index in [2.05, 4.69) is 10.4 Å². The van der Waals surface area contributed by atoms with E-state index in [1.807, 2.05) is 30.3 Å². The Morgan fingerprint density at radius 1 is 1.09 bits per heavy atom. The van der Waals surface area contributed by atoms with Crippen LogP contribution in [0.1, 0.15) is 5.56 Å². The second-order valence-corrected chi connectivity index (χ2v) is 4.84. The zero-order valence-corrected chi connectivity index (χ0v) is 11.7. The summed E-state index contributed by atoms with van der Waals surface area (Å²) in [4.78, 5) is 12.0. The first-order valence-corrected chi connectivity index (χ1v) is 6.86. The molecule has 3 rings (SSSR count). The van der Waals surface area contributed by atoms with Crippen LogP contribution in [-0.4, -0.2) is 15.7 Å². The van der Waals surface area contributed by atoms with Gasteiger partial charge in [0.25, 0.3) is 0 Å². The Kier molecular flexibility index (Phi) is 3.96. The van der Waals surface area contributed by atoms with E-state index in [-0.39, 0.29) is 18.1 Å². The molecule has 0 aliphatic rings. The number of carbonyl (C=O) groups is 1. The molecule has 1 N–H and O–H groups in total. The number of aromatic nitrogens is 2. The quantitative estimate of drug-likeness (QED) is 0.803. The Balaban J connectivity index is 1.68. The summed E-state index contributed by atoms with van der Waals surface area (Å²) in [5, 5.41) is 6.95. The lowest BCUT2D eigenvalue weighted by Crippen LogP contribution is -2.14. The molecule has 0 radical (unpaired) electrons. The van der Waals surface area contributed by atoms with Crippen molar-refractivity contribution in [3.05, 3.63) is 78.2 Å². The minimum absolute atomic E-state index is 0.143. The normalized spacial score (nSPS) is 10.4. The molecule has 0 spiro atoms. The molecular formula is C17H14FN3O. The van der Waals surface area contributed by atoms with Gasteiger partial charge in [-0.15, -0.1) is 0 Å². The van der Waals surface area contributed by atoms with Crippen molar-refractivity contribution in [1.29, 1.82) is 0 Å². The van der Waals surface area contributed by atoms with Crippen molar-refractivity contribution in [1.82, 2.24) is 9.78 Å². The number of rotatable bonds is 4. The number of nitrogens with zero attached hydrogens (tertiary/aromatic N) is 2. The molecule has 0 aliphatic carbocycles. The molecule has 5 heteroatoms. The molecule has 2 aromatic carbocycles. The third-order valence-corrected chi connectivity index (χ3v) is 3.14. The maximum Gasteiger partial charge on any atom is 0.229 e. The number of carbonyl (C=O) groups excluding carboxylic acids is 1. The summed E-state index contributed by atoms with van der Waals surface area (Å²) in [5.74, 6) is -0.0384. The Morgan fingerprint density at radius 3 is 2.68 bits per heavy atom. The van der Waals surface area contributed by atoms with E-state index in [1.54, 1.807) is 24.4 Å². The van der Waals surface area contributed by atoms with Crippen LogP contribution in [0.2, 0.25) is 0 Å². The van der Waals surface area contributed by atoms with Crippen LogP contribution in [0.15, 0.2) is 66.9 Å². The maximum atomic E-state index is 13.2. The number of halogens is 1. The molecule has 0 atom stereocenters. The van der Waals surface area contributed by atoms with Crippen molar-refractivity contribution in [2.75, 3.05) is 5.32 Å². The Hall–Kier alpha value is -2.95. The highest BCUT2D eigenvalue weighted by atomic mass is 19.1. The molecule has 0 saturated heterocycles. The highest BCUT2D eigenvalue weighted by Crippen LogP contribution is 2.12. The molecule has 0 unspecified atom stereocenters. The number of hydrogen-bond acceptors (Lipinski definition) is 2.